The van der Waals surface area contributed by atoms with Crippen LogP contribution in [0.2, 0.25) is 0 Å². The van der Waals surface area contributed by atoms with Crippen LogP contribution in [0.15, 0.2) is 42.5 Å². The summed E-state index contributed by atoms with van der Waals surface area (Å²) in [4.78, 5) is 11.8. The van der Waals surface area contributed by atoms with E-state index < -0.39 is 0 Å². The van der Waals surface area contributed by atoms with E-state index in [1.807, 2.05) is 0 Å². The second kappa shape index (κ2) is 5.97. The van der Waals surface area contributed by atoms with Crippen molar-refractivity contribution < 1.29 is 15.0 Å². The van der Waals surface area contributed by atoms with Crippen LogP contribution in [0, 0.1) is 0 Å². The summed E-state index contributed by atoms with van der Waals surface area (Å²) in [7, 11) is 0. The van der Waals surface area contributed by atoms with Crippen molar-refractivity contribution in [3.8, 4) is 11.5 Å². The number of carbonyl (C=O) groups is 1. The van der Waals surface area contributed by atoms with Gasteiger partial charge in [0.2, 0.25) is 0 Å². The number of benzene rings is 2. The quantitative estimate of drug-likeness (QED) is 0.502. The Morgan fingerprint density at radius 3 is 2.45 bits per heavy atom. The molecular weight excluding hydrogens is 256 g/mol. The van der Waals surface area contributed by atoms with E-state index >= 15 is 0 Å². The minimum Gasteiger partial charge on any atom is -0.508 e. The molecule has 0 heterocycles. The van der Waals surface area contributed by atoms with Gasteiger partial charge in [0, 0.05) is 12.1 Å². The minimum absolute atomic E-state index is 0.101. The van der Waals surface area contributed by atoms with E-state index in [9.17, 15) is 9.90 Å². The first kappa shape index (κ1) is 13.7. The van der Waals surface area contributed by atoms with Crippen LogP contribution < -0.4 is 11.1 Å². The predicted octanol–water partition coefficient (Wildman–Crippen LogP) is 1.65. The molecule has 0 saturated heterocycles. The molecule has 0 aromatic heterocycles. The van der Waals surface area contributed by atoms with Crippen LogP contribution in [0.4, 0.5) is 5.69 Å². The Balaban J connectivity index is 1.88. The molecular formula is C15H16N2O3. The first-order valence-corrected chi connectivity index (χ1v) is 6.21. The van der Waals surface area contributed by atoms with Gasteiger partial charge in [0.05, 0.1) is 5.69 Å². The van der Waals surface area contributed by atoms with Crippen LogP contribution in [0.1, 0.15) is 15.9 Å². The maximum Gasteiger partial charge on any atom is 0.251 e. The molecule has 0 fully saturated rings. The number of anilines is 1. The van der Waals surface area contributed by atoms with Crippen LogP contribution in [-0.4, -0.2) is 22.7 Å². The fourth-order valence-electron chi connectivity index (χ4n) is 1.77. The van der Waals surface area contributed by atoms with E-state index in [2.05, 4.69) is 5.32 Å². The molecule has 5 heteroatoms. The highest BCUT2D eigenvalue weighted by atomic mass is 16.3. The molecule has 20 heavy (non-hydrogen) atoms. The van der Waals surface area contributed by atoms with Gasteiger partial charge in [0.25, 0.3) is 5.91 Å². The zero-order valence-electron chi connectivity index (χ0n) is 10.8. The molecule has 5 nitrogen and oxygen atoms in total. The van der Waals surface area contributed by atoms with Crippen molar-refractivity contribution in [2.24, 2.45) is 0 Å². The number of hydrogen-bond donors (Lipinski definition) is 4. The largest absolute Gasteiger partial charge is 0.508 e. The molecule has 0 aliphatic rings. The first-order valence-electron chi connectivity index (χ1n) is 6.21. The van der Waals surface area contributed by atoms with Gasteiger partial charge in [-0.1, -0.05) is 12.1 Å². The average molecular weight is 272 g/mol. The van der Waals surface area contributed by atoms with Gasteiger partial charge in [-0.05, 0) is 42.3 Å². The smallest absolute Gasteiger partial charge is 0.251 e. The molecule has 5 N–H and O–H groups in total. The first-order chi connectivity index (χ1) is 9.56. The SMILES string of the molecule is Nc1ccc(C(=O)NCCc2ccc(O)cc2)cc1O. The number of aromatic hydroxyl groups is 2. The third-order valence-electron chi connectivity index (χ3n) is 2.93. The number of rotatable bonds is 4. The number of phenols is 2. The lowest BCUT2D eigenvalue weighted by Gasteiger charge is -2.07. The molecule has 0 bridgehead atoms. The maximum atomic E-state index is 11.8. The average Bonchev–Trinajstić information content (AvgIpc) is 2.44. The van der Waals surface area contributed by atoms with Gasteiger partial charge >= 0.3 is 0 Å². The lowest BCUT2D eigenvalue weighted by Crippen LogP contribution is -2.25. The summed E-state index contributed by atoms with van der Waals surface area (Å²) in [5, 5.41) is 21.4. The van der Waals surface area contributed by atoms with Crippen molar-refractivity contribution >= 4 is 11.6 Å². The Hall–Kier alpha value is -2.69. The van der Waals surface area contributed by atoms with Gasteiger partial charge in [-0.3, -0.25) is 4.79 Å². The molecule has 0 spiro atoms. The van der Waals surface area contributed by atoms with Crippen LogP contribution in [0.25, 0.3) is 0 Å². The van der Waals surface area contributed by atoms with Crippen LogP contribution in [0.5, 0.6) is 11.5 Å². The zero-order chi connectivity index (χ0) is 14.5. The van der Waals surface area contributed by atoms with E-state index in [0.29, 0.717) is 18.5 Å². The summed E-state index contributed by atoms with van der Waals surface area (Å²) in [5.41, 5.74) is 7.10. The van der Waals surface area contributed by atoms with Crippen molar-refractivity contribution in [3.63, 3.8) is 0 Å². The third-order valence-corrected chi connectivity index (χ3v) is 2.93. The van der Waals surface area contributed by atoms with E-state index in [1.165, 1.54) is 12.1 Å². The van der Waals surface area contributed by atoms with Gasteiger partial charge in [0.1, 0.15) is 11.5 Å². The fraction of sp³-hybridized carbons (Fsp3) is 0.133. The number of nitrogen functional groups attached to an aromatic ring is 1. The highest BCUT2D eigenvalue weighted by Crippen LogP contribution is 2.20. The maximum absolute atomic E-state index is 11.8. The summed E-state index contributed by atoms with van der Waals surface area (Å²) in [6, 6.07) is 11.2. The Morgan fingerprint density at radius 1 is 1.10 bits per heavy atom. The fourth-order valence-corrected chi connectivity index (χ4v) is 1.77. The predicted molar refractivity (Wildman–Crippen MR) is 76.7 cm³/mol. The lowest BCUT2D eigenvalue weighted by atomic mass is 10.1. The summed E-state index contributed by atoms with van der Waals surface area (Å²) >= 11 is 0. The van der Waals surface area contributed by atoms with Gasteiger partial charge in [-0.25, -0.2) is 0 Å². The number of nitrogens with two attached hydrogens (primary N) is 1. The number of amides is 1. The topological polar surface area (TPSA) is 95.6 Å². The second-order valence-corrected chi connectivity index (χ2v) is 4.45. The molecule has 2 aromatic rings. The molecule has 2 aromatic carbocycles. The normalized spacial score (nSPS) is 10.2. The van der Waals surface area contributed by atoms with Crippen LogP contribution in [-0.2, 0) is 6.42 Å². The zero-order valence-corrected chi connectivity index (χ0v) is 10.8. The van der Waals surface area contributed by atoms with E-state index in [4.69, 9.17) is 10.8 Å². The molecule has 0 aliphatic carbocycles. The second-order valence-electron chi connectivity index (χ2n) is 4.45. The molecule has 0 radical (unpaired) electrons. The third kappa shape index (κ3) is 3.41. The number of phenolic OH excluding ortho intramolecular Hbond substituents is 2. The molecule has 104 valence electrons. The van der Waals surface area contributed by atoms with Crippen LogP contribution in [0.3, 0.4) is 0 Å². The Morgan fingerprint density at radius 2 is 1.80 bits per heavy atom. The molecule has 1 amide bonds. The van der Waals surface area contributed by atoms with Crippen molar-refractivity contribution in [1.29, 1.82) is 0 Å². The number of carbonyl (C=O) groups excluding carboxylic acids is 1. The van der Waals surface area contributed by atoms with Crippen molar-refractivity contribution in [3.05, 3.63) is 53.6 Å². The number of nitrogens with one attached hydrogen (secondary N) is 1. The van der Waals surface area contributed by atoms with Crippen molar-refractivity contribution in [2.75, 3.05) is 12.3 Å². The number of hydrogen-bond acceptors (Lipinski definition) is 4. The van der Waals surface area contributed by atoms with E-state index in [-0.39, 0.29) is 23.1 Å². The molecule has 0 aliphatic heterocycles. The summed E-state index contributed by atoms with van der Waals surface area (Å²) in [6.45, 7) is 0.467. The highest BCUT2D eigenvalue weighted by molar-refractivity contribution is 5.95. The Kier molecular flexibility index (Phi) is 4.10. The molecule has 0 atom stereocenters. The standard InChI is InChI=1S/C15H16N2O3/c16-13-6-3-11(9-14(13)19)15(20)17-8-7-10-1-4-12(18)5-2-10/h1-6,9,18-19H,7-8,16H2,(H,17,20). The van der Waals surface area contributed by atoms with Gasteiger partial charge in [-0.2, -0.15) is 0 Å². The van der Waals surface area contributed by atoms with Gasteiger partial charge in [0.15, 0.2) is 0 Å². The molecule has 0 saturated carbocycles. The van der Waals surface area contributed by atoms with Crippen LogP contribution >= 0.6 is 0 Å². The summed E-state index contributed by atoms with van der Waals surface area (Å²) in [6.07, 6.45) is 0.660. The van der Waals surface area contributed by atoms with Gasteiger partial charge < -0.3 is 21.3 Å². The van der Waals surface area contributed by atoms with Crippen molar-refractivity contribution in [1.82, 2.24) is 5.32 Å². The summed E-state index contributed by atoms with van der Waals surface area (Å²) < 4.78 is 0. The van der Waals surface area contributed by atoms with E-state index in [1.54, 1.807) is 30.3 Å². The van der Waals surface area contributed by atoms with Gasteiger partial charge in [-0.15, -0.1) is 0 Å². The summed E-state index contributed by atoms with van der Waals surface area (Å²) in [5.74, 6) is -0.148. The monoisotopic (exact) mass is 272 g/mol. The Bertz CT molecular complexity index is 609. The van der Waals surface area contributed by atoms with Crippen molar-refractivity contribution in [2.45, 2.75) is 6.42 Å². The highest BCUT2D eigenvalue weighted by Gasteiger charge is 2.07. The molecule has 0 unspecified atom stereocenters. The van der Waals surface area contributed by atoms with E-state index in [0.717, 1.165) is 5.56 Å². The Labute approximate surface area is 116 Å². The minimum atomic E-state index is -0.265. The lowest BCUT2D eigenvalue weighted by molar-refractivity contribution is 0.0954. The molecule has 2 rings (SSSR count).